The number of hydrogen-bond donors (Lipinski definition) is 1. The average Bonchev–Trinajstić information content (AvgIpc) is 3.41. The number of carbonyl (C=O) groups excluding carboxylic acids is 2. The van der Waals surface area contributed by atoms with E-state index >= 15 is 0 Å². The molecule has 452 valence electrons. The fourth-order valence-electron chi connectivity index (χ4n) is 8.96. The van der Waals surface area contributed by atoms with Crippen LogP contribution in [0, 0.1) is 0 Å². The first-order valence-corrected chi connectivity index (χ1v) is 33.8. The number of carbonyl (C=O) groups is 2. The second-order valence-electron chi connectivity index (χ2n) is 22.8. The van der Waals surface area contributed by atoms with Crippen molar-refractivity contribution < 1.29 is 42.1 Å². The molecular weight excluding hydrogens is 990 g/mol. The van der Waals surface area contributed by atoms with Crippen molar-refractivity contribution in [3.63, 3.8) is 0 Å². The Bertz CT molecular complexity index is 1590. The molecular formula is C68H123NO8P+. The van der Waals surface area contributed by atoms with Crippen molar-refractivity contribution in [3.8, 4) is 0 Å². The molecule has 2 unspecified atom stereocenters. The lowest BCUT2D eigenvalue weighted by Gasteiger charge is -2.24. The van der Waals surface area contributed by atoms with E-state index in [4.69, 9.17) is 18.5 Å². The monoisotopic (exact) mass is 1110 g/mol. The first-order chi connectivity index (χ1) is 38.0. The van der Waals surface area contributed by atoms with Gasteiger partial charge in [-0.1, -0.05) is 266 Å². The van der Waals surface area contributed by atoms with E-state index in [2.05, 4.69) is 98.9 Å². The van der Waals surface area contributed by atoms with Crippen LogP contribution < -0.4 is 0 Å². The third kappa shape index (κ3) is 62.4. The molecule has 0 aliphatic heterocycles. The fraction of sp³-hybridized carbons (Fsp3) is 0.765. The van der Waals surface area contributed by atoms with Gasteiger partial charge in [-0.15, -0.1) is 0 Å². The number of unbranched alkanes of at least 4 members (excludes halogenated alkanes) is 31. The molecule has 0 radical (unpaired) electrons. The van der Waals surface area contributed by atoms with Gasteiger partial charge in [-0.05, 0) is 89.9 Å². The normalized spacial score (nSPS) is 13.8. The zero-order valence-corrected chi connectivity index (χ0v) is 52.3. The fourth-order valence-corrected chi connectivity index (χ4v) is 9.70. The quantitative estimate of drug-likeness (QED) is 0.0211. The van der Waals surface area contributed by atoms with E-state index in [1.54, 1.807) is 0 Å². The molecule has 2 atom stereocenters. The molecule has 0 fully saturated rings. The molecule has 0 bridgehead atoms. The van der Waals surface area contributed by atoms with Gasteiger partial charge < -0.3 is 18.9 Å². The van der Waals surface area contributed by atoms with Gasteiger partial charge in [0, 0.05) is 12.8 Å². The van der Waals surface area contributed by atoms with Gasteiger partial charge in [-0.2, -0.15) is 0 Å². The minimum Gasteiger partial charge on any atom is -0.462 e. The number of phosphoric acid groups is 1. The van der Waals surface area contributed by atoms with Crippen molar-refractivity contribution in [1.82, 2.24) is 0 Å². The summed E-state index contributed by atoms with van der Waals surface area (Å²) in [4.78, 5) is 35.7. The second kappa shape index (κ2) is 58.8. The molecule has 0 rings (SSSR count). The maximum absolute atomic E-state index is 12.8. The van der Waals surface area contributed by atoms with Gasteiger partial charge in [-0.25, -0.2) is 4.57 Å². The van der Waals surface area contributed by atoms with Crippen molar-refractivity contribution in [2.24, 2.45) is 0 Å². The van der Waals surface area contributed by atoms with Gasteiger partial charge in [0.05, 0.1) is 27.7 Å². The van der Waals surface area contributed by atoms with Crippen molar-refractivity contribution >= 4 is 19.8 Å². The molecule has 0 aliphatic rings. The summed E-state index contributed by atoms with van der Waals surface area (Å²) >= 11 is 0. The summed E-state index contributed by atoms with van der Waals surface area (Å²) in [6.07, 6.45) is 79.7. The standard InChI is InChI=1S/C68H122NO8P/c1-6-8-10-12-14-16-18-20-22-23-24-25-26-27-28-29-30-31-32-33-34-35-36-37-38-39-40-41-42-43-44-45-47-49-51-53-55-57-59-61-68(71)77-66(65-76-78(72,73)75-63-62-69(3,4)5)64-74-67(70)60-58-56-54-52-50-48-46-21-19-17-15-13-11-9-7-2/h8,10,14,16,20-22,24-25,27-28,30-31,46,66H,6-7,9,11-13,15,17-19,23,26,29,32-45,47-65H2,1-5H3/p+1/b10-8-,16-14-,22-20-,25-24-,28-27-,31-30-,46-21-. The van der Waals surface area contributed by atoms with Crippen molar-refractivity contribution in [3.05, 3.63) is 85.1 Å². The molecule has 0 aromatic carbocycles. The zero-order valence-electron chi connectivity index (χ0n) is 51.4. The van der Waals surface area contributed by atoms with Crippen LogP contribution in [0.4, 0.5) is 0 Å². The molecule has 78 heavy (non-hydrogen) atoms. The Hall–Kier alpha value is -2.81. The number of ether oxygens (including phenoxy) is 2. The van der Waals surface area contributed by atoms with Crippen LogP contribution in [0.3, 0.4) is 0 Å². The van der Waals surface area contributed by atoms with E-state index in [0.717, 1.165) is 89.9 Å². The molecule has 0 heterocycles. The van der Waals surface area contributed by atoms with Crippen molar-refractivity contribution in [1.29, 1.82) is 0 Å². The van der Waals surface area contributed by atoms with Gasteiger partial charge in [0.25, 0.3) is 0 Å². The highest BCUT2D eigenvalue weighted by molar-refractivity contribution is 7.47. The van der Waals surface area contributed by atoms with Gasteiger partial charge in [-0.3, -0.25) is 18.6 Å². The predicted octanol–water partition coefficient (Wildman–Crippen LogP) is 20.6. The minimum atomic E-state index is -4.39. The molecule has 0 aromatic heterocycles. The number of likely N-dealkylation sites (N-methyl/N-ethyl adjacent to an activating group) is 1. The summed E-state index contributed by atoms with van der Waals surface area (Å²) in [5, 5.41) is 0. The number of allylic oxidation sites excluding steroid dienone is 14. The minimum absolute atomic E-state index is 0.0300. The van der Waals surface area contributed by atoms with Crippen LogP contribution in [0.15, 0.2) is 85.1 Å². The third-order valence-corrected chi connectivity index (χ3v) is 14.9. The van der Waals surface area contributed by atoms with E-state index in [1.807, 2.05) is 21.1 Å². The lowest BCUT2D eigenvalue weighted by molar-refractivity contribution is -0.870. The Kier molecular flexibility index (Phi) is 56.7. The third-order valence-electron chi connectivity index (χ3n) is 13.9. The number of phosphoric ester groups is 1. The Morgan fingerprint density at radius 2 is 0.731 bits per heavy atom. The van der Waals surface area contributed by atoms with Gasteiger partial charge >= 0.3 is 19.8 Å². The summed E-state index contributed by atoms with van der Waals surface area (Å²) in [5.74, 6) is -0.799. The number of quaternary nitrogens is 1. The van der Waals surface area contributed by atoms with Crippen LogP contribution in [-0.4, -0.2) is 74.9 Å². The largest absolute Gasteiger partial charge is 0.472 e. The molecule has 0 aliphatic carbocycles. The predicted molar refractivity (Wildman–Crippen MR) is 335 cm³/mol. The van der Waals surface area contributed by atoms with Crippen LogP contribution >= 0.6 is 7.82 Å². The number of hydrogen-bond acceptors (Lipinski definition) is 7. The van der Waals surface area contributed by atoms with E-state index < -0.39 is 26.5 Å². The highest BCUT2D eigenvalue weighted by atomic mass is 31.2. The van der Waals surface area contributed by atoms with Gasteiger partial charge in [0.1, 0.15) is 19.8 Å². The summed E-state index contributed by atoms with van der Waals surface area (Å²) in [5.41, 5.74) is 0. The molecule has 0 saturated carbocycles. The number of rotatable bonds is 59. The highest BCUT2D eigenvalue weighted by Crippen LogP contribution is 2.43. The maximum Gasteiger partial charge on any atom is 0.472 e. The Labute approximate surface area is 481 Å². The summed E-state index contributed by atoms with van der Waals surface area (Å²) < 4.78 is 34.6. The molecule has 0 spiro atoms. The zero-order chi connectivity index (χ0) is 57.0. The van der Waals surface area contributed by atoms with E-state index in [9.17, 15) is 19.0 Å². The van der Waals surface area contributed by atoms with Crippen LogP contribution in [0.2, 0.25) is 0 Å². The molecule has 10 heteroatoms. The number of nitrogens with zero attached hydrogens (tertiary/aromatic N) is 1. The van der Waals surface area contributed by atoms with Crippen LogP contribution in [-0.2, 0) is 32.7 Å². The maximum atomic E-state index is 12.8. The molecule has 0 aromatic rings. The Balaban J connectivity index is 3.95. The topological polar surface area (TPSA) is 108 Å². The molecule has 9 nitrogen and oxygen atoms in total. The summed E-state index contributed by atoms with van der Waals surface area (Å²) in [6.45, 7) is 4.33. The molecule has 0 saturated heterocycles. The lowest BCUT2D eigenvalue weighted by Crippen LogP contribution is -2.37. The van der Waals surface area contributed by atoms with Crippen molar-refractivity contribution in [2.75, 3.05) is 47.5 Å². The van der Waals surface area contributed by atoms with Crippen LogP contribution in [0.1, 0.15) is 284 Å². The van der Waals surface area contributed by atoms with Gasteiger partial charge in [0.2, 0.25) is 0 Å². The summed E-state index contributed by atoms with van der Waals surface area (Å²) in [7, 11) is 1.48. The highest BCUT2D eigenvalue weighted by Gasteiger charge is 2.27. The van der Waals surface area contributed by atoms with E-state index in [-0.39, 0.29) is 32.0 Å². The first-order valence-electron chi connectivity index (χ1n) is 32.3. The van der Waals surface area contributed by atoms with E-state index in [1.165, 1.54) is 161 Å². The van der Waals surface area contributed by atoms with E-state index in [0.29, 0.717) is 17.4 Å². The molecule has 0 amide bonds. The average molecular weight is 1110 g/mol. The van der Waals surface area contributed by atoms with Crippen LogP contribution in [0.5, 0.6) is 0 Å². The lowest BCUT2D eigenvalue weighted by atomic mass is 10.0. The Morgan fingerprint density at radius 3 is 1.10 bits per heavy atom. The molecule has 1 N–H and O–H groups in total. The number of esters is 2. The first kappa shape index (κ1) is 75.2. The van der Waals surface area contributed by atoms with Crippen LogP contribution in [0.25, 0.3) is 0 Å². The summed E-state index contributed by atoms with van der Waals surface area (Å²) in [6, 6.07) is 0. The van der Waals surface area contributed by atoms with Gasteiger partial charge in [0.15, 0.2) is 6.10 Å². The second-order valence-corrected chi connectivity index (χ2v) is 24.2. The smallest absolute Gasteiger partial charge is 0.462 e. The van der Waals surface area contributed by atoms with Crippen molar-refractivity contribution in [2.45, 2.75) is 290 Å². The Morgan fingerprint density at radius 1 is 0.410 bits per heavy atom. The SMILES string of the molecule is CC/C=C\C/C=C\C/C=C\C/C=C\C/C=C\C/C=C\CCCCCCCCCCCCCCCCCCCCCCC(=O)OC(COC(=O)CCCCCCC/C=C\CCCCCCCC)COP(=O)(O)OCC[N+](C)(C)C.